The number of hydrogen-bond donors (Lipinski definition) is 0. The maximum absolute atomic E-state index is 6.68. The lowest BCUT2D eigenvalue weighted by Gasteiger charge is -2.25. The van der Waals surface area contributed by atoms with Gasteiger partial charge in [0, 0.05) is 55.1 Å². The van der Waals surface area contributed by atoms with Gasteiger partial charge in [0.05, 0.1) is 0 Å². The van der Waals surface area contributed by atoms with E-state index in [-0.39, 0.29) is 0 Å². The summed E-state index contributed by atoms with van der Waals surface area (Å²) in [7, 11) is -0.571. The van der Waals surface area contributed by atoms with Crippen LogP contribution in [0.3, 0.4) is 0 Å². The van der Waals surface area contributed by atoms with E-state index < -0.39 is 7.53 Å². The van der Waals surface area contributed by atoms with Crippen LogP contribution in [0, 0.1) is 0 Å². The van der Waals surface area contributed by atoms with Crippen LogP contribution in [0.5, 0.6) is 0 Å². The first-order valence-electron chi connectivity index (χ1n) is 14.5. The summed E-state index contributed by atoms with van der Waals surface area (Å²) in [6.45, 7) is 2.36. The minimum absolute atomic E-state index is 0.571. The third kappa shape index (κ3) is 4.37. The highest BCUT2D eigenvalue weighted by Gasteiger charge is 2.21. The molecule has 0 saturated heterocycles. The van der Waals surface area contributed by atoms with Gasteiger partial charge in [-0.3, -0.25) is 0 Å². The number of furan rings is 1. The zero-order chi connectivity index (χ0) is 28.8. The zero-order valence-corrected chi connectivity index (χ0v) is 24.7. The van der Waals surface area contributed by atoms with E-state index in [1.807, 2.05) is 0 Å². The molecule has 43 heavy (non-hydrogen) atoms. The molecule has 3 nitrogen and oxygen atoms in total. The van der Waals surface area contributed by atoms with Crippen molar-refractivity contribution in [3.63, 3.8) is 0 Å². The van der Waals surface area contributed by atoms with E-state index in [9.17, 15) is 0 Å². The van der Waals surface area contributed by atoms with Crippen LogP contribution in [-0.2, 0) is 6.66 Å². The summed E-state index contributed by atoms with van der Waals surface area (Å²) in [6.07, 6.45) is 0. The van der Waals surface area contributed by atoms with Gasteiger partial charge in [0.2, 0.25) is 0 Å². The monoisotopic (exact) mass is 572 g/mol. The number of para-hydroxylation sites is 4. The van der Waals surface area contributed by atoms with Crippen molar-refractivity contribution >= 4 is 73.8 Å². The lowest BCUT2D eigenvalue weighted by atomic mass is 10.1. The normalized spacial score (nSPS) is 11.8. The Morgan fingerprint density at radius 3 is 1.33 bits per heavy atom. The summed E-state index contributed by atoms with van der Waals surface area (Å²) < 4.78 is 6.68. The van der Waals surface area contributed by atoms with Gasteiger partial charge in [0.1, 0.15) is 11.2 Å². The Bertz CT molecular complexity index is 2020. The van der Waals surface area contributed by atoms with E-state index >= 15 is 0 Å². The number of benzene rings is 6. The Morgan fingerprint density at radius 1 is 0.442 bits per heavy atom. The molecule has 0 fully saturated rings. The van der Waals surface area contributed by atoms with Crippen LogP contribution in [0.4, 0.5) is 34.1 Å². The summed E-state index contributed by atoms with van der Waals surface area (Å²) in [5.74, 6) is 0. The van der Waals surface area contributed by atoms with Crippen molar-refractivity contribution in [1.82, 2.24) is 0 Å². The van der Waals surface area contributed by atoms with Crippen molar-refractivity contribution in [3.8, 4) is 0 Å². The molecule has 4 heteroatoms. The van der Waals surface area contributed by atoms with Crippen LogP contribution in [0.2, 0.25) is 0 Å². The molecule has 0 saturated carbocycles. The fourth-order valence-corrected chi connectivity index (χ4v) is 8.26. The standard InChI is InChI=1S/C39H29N2OP/c1-43-37-25-23-33(41(30-18-10-4-11-19-30)31-20-12-5-13-21-31)27-35(37)38-39(43)34-26-32(22-24-36(34)42-38)40(28-14-6-2-7-15-28)29-16-8-3-9-17-29/h2-27H,1H3. The molecule has 0 N–H and O–H groups in total. The van der Waals surface area contributed by atoms with E-state index in [4.69, 9.17) is 4.42 Å². The number of aryl methyl sites for hydroxylation is 1. The van der Waals surface area contributed by atoms with Gasteiger partial charge in [-0.2, -0.15) is 0 Å². The minimum Gasteiger partial charge on any atom is -0.455 e. The predicted octanol–water partition coefficient (Wildman–Crippen LogP) is 12.2. The van der Waals surface area contributed by atoms with Crippen LogP contribution in [0.15, 0.2) is 162 Å². The summed E-state index contributed by atoms with van der Waals surface area (Å²) in [6, 6.07) is 55.7. The van der Waals surface area contributed by atoms with Crippen LogP contribution < -0.4 is 9.80 Å². The number of anilines is 6. The molecule has 0 aliphatic rings. The Balaban J connectivity index is 1.32. The predicted molar refractivity (Wildman–Crippen MR) is 184 cm³/mol. The second-order valence-corrected chi connectivity index (χ2v) is 12.8. The summed E-state index contributed by atoms with van der Waals surface area (Å²) in [5.41, 5.74) is 8.68. The molecule has 0 amide bonds. The Labute approximate surface area is 251 Å². The van der Waals surface area contributed by atoms with E-state index in [2.05, 4.69) is 174 Å². The first-order chi connectivity index (χ1) is 21.3. The van der Waals surface area contributed by atoms with Crippen LogP contribution in [0.25, 0.3) is 32.2 Å². The third-order valence-electron chi connectivity index (χ3n) is 8.14. The maximum atomic E-state index is 6.68. The molecule has 8 aromatic rings. The van der Waals surface area contributed by atoms with Crippen molar-refractivity contribution < 1.29 is 4.42 Å². The van der Waals surface area contributed by atoms with Gasteiger partial charge in [-0.25, -0.2) is 0 Å². The lowest BCUT2D eigenvalue weighted by Crippen LogP contribution is -2.09. The zero-order valence-electron chi connectivity index (χ0n) is 23.8. The third-order valence-corrected chi connectivity index (χ3v) is 10.4. The van der Waals surface area contributed by atoms with Crippen molar-refractivity contribution in [1.29, 1.82) is 0 Å². The summed E-state index contributed by atoms with van der Waals surface area (Å²) >= 11 is 0. The molecule has 2 aromatic heterocycles. The Morgan fingerprint density at radius 2 is 0.860 bits per heavy atom. The molecule has 2 heterocycles. The van der Waals surface area contributed by atoms with Crippen molar-refractivity contribution in [3.05, 3.63) is 158 Å². The summed E-state index contributed by atoms with van der Waals surface area (Å²) in [5, 5.41) is 5.08. The maximum Gasteiger partial charge on any atom is 0.147 e. The van der Waals surface area contributed by atoms with Crippen LogP contribution in [0.1, 0.15) is 0 Å². The van der Waals surface area contributed by atoms with Gasteiger partial charge in [0.25, 0.3) is 0 Å². The van der Waals surface area contributed by atoms with Crippen LogP contribution in [-0.4, -0.2) is 0 Å². The number of hydrogen-bond acceptors (Lipinski definition) is 3. The SMILES string of the molecule is Cp1c2ccc(N(c3ccccc3)c3ccccc3)cc2c2oc3ccc(N(c4ccccc4)c4ccccc4)cc3c21. The van der Waals surface area contributed by atoms with E-state index in [1.54, 1.807) is 0 Å². The molecule has 0 bridgehead atoms. The largest absolute Gasteiger partial charge is 0.455 e. The lowest BCUT2D eigenvalue weighted by molar-refractivity contribution is 0.673. The van der Waals surface area contributed by atoms with E-state index in [1.165, 1.54) is 21.0 Å². The molecule has 1 atom stereocenters. The highest BCUT2D eigenvalue weighted by atomic mass is 31.1. The highest BCUT2D eigenvalue weighted by molar-refractivity contribution is 7.60. The highest BCUT2D eigenvalue weighted by Crippen LogP contribution is 2.53. The fraction of sp³-hybridized carbons (Fsp3) is 0.0256. The molecule has 0 radical (unpaired) electrons. The molecule has 0 aliphatic heterocycles. The average Bonchev–Trinajstić information content (AvgIpc) is 3.58. The van der Waals surface area contributed by atoms with Crippen molar-refractivity contribution in [2.45, 2.75) is 0 Å². The minimum atomic E-state index is -0.571. The van der Waals surface area contributed by atoms with Gasteiger partial charge in [-0.15, -0.1) is 7.53 Å². The average molecular weight is 573 g/mol. The van der Waals surface area contributed by atoms with Crippen molar-refractivity contribution in [2.24, 2.45) is 6.66 Å². The number of fused-ring (bicyclic) bond motifs is 5. The Hall–Kier alpha value is -5.24. The van der Waals surface area contributed by atoms with E-state index in [0.29, 0.717) is 0 Å². The van der Waals surface area contributed by atoms with E-state index in [0.717, 1.165) is 45.3 Å². The smallest absolute Gasteiger partial charge is 0.147 e. The molecular weight excluding hydrogens is 543 g/mol. The second kappa shape index (κ2) is 10.5. The molecule has 1 unspecified atom stereocenters. The van der Waals surface area contributed by atoms with Crippen LogP contribution >= 0.6 is 7.53 Å². The molecule has 0 aliphatic carbocycles. The Kier molecular flexibility index (Phi) is 6.25. The molecule has 206 valence electrons. The quantitative estimate of drug-likeness (QED) is 0.198. The van der Waals surface area contributed by atoms with Gasteiger partial charge < -0.3 is 14.2 Å². The second-order valence-electron chi connectivity index (χ2n) is 10.7. The van der Waals surface area contributed by atoms with Gasteiger partial charge in [-0.05, 0) is 91.6 Å². The number of rotatable bonds is 6. The first-order valence-corrected chi connectivity index (χ1v) is 16.3. The van der Waals surface area contributed by atoms with Gasteiger partial charge in [-0.1, -0.05) is 72.8 Å². The first kappa shape index (κ1) is 25.5. The topological polar surface area (TPSA) is 19.6 Å². The number of nitrogens with zero attached hydrogens (tertiary/aromatic N) is 2. The molecule has 6 aromatic carbocycles. The fourth-order valence-electron chi connectivity index (χ4n) is 6.19. The van der Waals surface area contributed by atoms with Gasteiger partial charge >= 0.3 is 0 Å². The van der Waals surface area contributed by atoms with Crippen molar-refractivity contribution in [2.75, 3.05) is 9.80 Å². The van der Waals surface area contributed by atoms with Gasteiger partial charge in [0.15, 0.2) is 0 Å². The summed E-state index contributed by atoms with van der Waals surface area (Å²) in [4.78, 5) is 4.63. The molecule has 0 spiro atoms. The molecule has 8 rings (SSSR count). The molecular formula is C39H29N2OP.